The Morgan fingerprint density at radius 1 is 1.06 bits per heavy atom. The molecule has 16 heavy (non-hydrogen) atoms. The highest BCUT2D eigenvalue weighted by atomic mass is 32.2. The molecule has 0 atom stereocenters. The first-order valence-corrected chi connectivity index (χ1v) is 5.57. The van der Waals surface area contributed by atoms with Gasteiger partial charge in [-0.1, -0.05) is 30.3 Å². The lowest BCUT2D eigenvalue weighted by Gasteiger charge is -2.05. The monoisotopic (exact) mass is 227 g/mol. The van der Waals surface area contributed by atoms with E-state index in [2.05, 4.69) is 0 Å². The van der Waals surface area contributed by atoms with Crippen molar-refractivity contribution in [2.45, 2.75) is 4.90 Å². The Morgan fingerprint density at radius 3 is 2.50 bits per heavy atom. The second-order valence-corrected chi connectivity index (χ2v) is 4.10. The van der Waals surface area contributed by atoms with Crippen LogP contribution < -0.4 is 0 Å². The summed E-state index contributed by atoms with van der Waals surface area (Å²) in [5, 5.41) is 20.4. The molecule has 2 nitrogen and oxygen atoms in total. The molecule has 2 aromatic carbocycles. The molecule has 2 aromatic rings. The van der Waals surface area contributed by atoms with E-state index in [0.717, 1.165) is 27.8 Å². The van der Waals surface area contributed by atoms with Crippen LogP contribution in [0.15, 0.2) is 53.4 Å². The van der Waals surface area contributed by atoms with Gasteiger partial charge in [0.2, 0.25) is 0 Å². The number of nitriles is 1. The smallest absolute Gasteiger partial charge is 0.138 e. The topological polar surface area (TPSA) is 44.0 Å². The van der Waals surface area contributed by atoms with Gasteiger partial charge in [0.15, 0.2) is 0 Å². The first kappa shape index (κ1) is 10.6. The van der Waals surface area contributed by atoms with Crippen LogP contribution in [0.1, 0.15) is 0 Å². The minimum absolute atomic E-state index is 0.230. The van der Waals surface area contributed by atoms with E-state index in [4.69, 9.17) is 5.26 Å². The number of aromatic hydroxyl groups is 1. The van der Waals surface area contributed by atoms with Crippen molar-refractivity contribution in [3.8, 4) is 22.3 Å². The molecule has 78 valence electrons. The molecule has 0 heterocycles. The predicted molar refractivity (Wildman–Crippen MR) is 65.0 cm³/mol. The van der Waals surface area contributed by atoms with Gasteiger partial charge in [0.1, 0.15) is 11.2 Å². The molecule has 0 unspecified atom stereocenters. The molecule has 0 saturated heterocycles. The van der Waals surface area contributed by atoms with E-state index in [0.29, 0.717) is 0 Å². The number of hydrogen-bond donors (Lipinski definition) is 1. The maximum atomic E-state index is 9.76. The van der Waals surface area contributed by atoms with Crippen molar-refractivity contribution in [2.75, 3.05) is 0 Å². The molecule has 3 heteroatoms. The number of benzene rings is 2. The highest BCUT2D eigenvalue weighted by Gasteiger charge is 2.05. The first-order chi connectivity index (χ1) is 7.81. The maximum Gasteiger partial charge on any atom is 0.138 e. The Balaban J connectivity index is 2.48. The molecule has 0 radical (unpaired) electrons. The minimum atomic E-state index is 0.230. The Hall–Kier alpha value is -1.92. The van der Waals surface area contributed by atoms with E-state index in [-0.39, 0.29) is 5.75 Å². The number of rotatable bonds is 2. The number of thioether (sulfide) groups is 1. The van der Waals surface area contributed by atoms with Gasteiger partial charge < -0.3 is 5.11 Å². The van der Waals surface area contributed by atoms with E-state index in [9.17, 15) is 5.11 Å². The van der Waals surface area contributed by atoms with Gasteiger partial charge in [0.05, 0.1) is 0 Å². The summed E-state index contributed by atoms with van der Waals surface area (Å²) in [7, 11) is 0. The summed E-state index contributed by atoms with van der Waals surface area (Å²) in [5.74, 6) is 0.230. The van der Waals surface area contributed by atoms with Crippen molar-refractivity contribution in [3.05, 3.63) is 48.5 Å². The summed E-state index contributed by atoms with van der Waals surface area (Å²) in [6.45, 7) is 0. The molecule has 0 aromatic heterocycles. The third-order valence-corrected chi connectivity index (χ3v) is 2.80. The van der Waals surface area contributed by atoms with Crippen LogP contribution in [0.25, 0.3) is 11.1 Å². The number of phenols is 1. The van der Waals surface area contributed by atoms with Gasteiger partial charge in [-0.05, 0) is 35.5 Å². The predicted octanol–water partition coefficient (Wildman–Crippen LogP) is 3.63. The lowest BCUT2D eigenvalue weighted by atomic mass is 10.1. The SMILES string of the molecule is N#CSc1ccc(O)c(-c2ccccc2)c1. The van der Waals surface area contributed by atoms with Gasteiger partial charge in [-0.15, -0.1) is 0 Å². The number of nitrogens with zero attached hydrogens (tertiary/aromatic N) is 1. The molecule has 0 saturated carbocycles. The zero-order valence-electron chi connectivity index (χ0n) is 8.42. The van der Waals surface area contributed by atoms with Gasteiger partial charge in [-0.25, -0.2) is 0 Å². The van der Waals surface area contributed by atoms with Crippen molar-refractivity contribution in [2.24, 2.45) is 0 Å². The average molecular weight is 227 g/mol. The van der Waals surface area contributed by atoms with Crippen molar-refractivity contribution in [3.63, 3.8) is 0 Å². The van der Waals surface area contributed by atoms with Crippen molar-refractivity contribution in [1.82, 2.24) is 0 Å². The zero-order valence-corrected chi connectivity index (χ0v) is 9.24. The van der Waals surface area contributed by atoms with Gasteiger partial charge in [0, 0.05) is 10.5 Å². The van der Waals surface area contributed by atoms with Crippen LogP contribution >= 0.6 is 11.8 Å². The van der Waals surface area contributed by atoms with E-state index in [1.807, 2.05) is 41.8 Å². The highest BCUT2D eigenvalue weighted by Crippen LogP contribution is 2.32. The molecule has 0 aliphatic rings. The van der Waals surface area contributed by atoms with Gasteiger partial charge in [-0.2, -0.15) is 5.26 Å². The fraction of sp³-hybridized carbons (Fsp3) is 0. The number of thiocyanates is 1. The third-order valence-electron chi connectivity index (χ3n) is 2.22. The highest BCUT2D eigenvalue weighted by molar-refractivity contribution is 8.03. The summed E-state index contributed by atoms with van der Waals surface area (Å²) in [6.07, 6.45) is 0. The summed E-state index contributed by atoms with van der Waals surface area (Å²) in [6, 6.07) is 14.8. The second-order valence-electron chi connectivity index (χ2n) is 3.24. The molecular formula is C13H9NOS. The van der Waals surface area contributed by atoms with Crippen molar-refractivity contribution >= 4 is 11.8 Å². The Kier molecular flexibility index (Phi) is 3.13. The Labute approximate surface area is 98.2 Å². The van der Waals surface area contributed by atoms with Crippen LogP contribution in [0, 0.1) is 10.7 Å². The van der Waals surface area contributed by atoms with Gasteiger partial charge in [-0.3, -0.25) is 0 Å². The number of hydrogen-bond acceptors (Lipinski definition) is 3. The van der Waals surface area contributed by atoms with Crippen LogP contribution in [0.4, 0.5) is 0 Å². The lowest BCUT2D eigenvalue weighted by molar-refractivity contribution is 0.477. The number of phenolic OH excluding ortho intramolecular Hbond substituents is 1. The molecule has 0 fully saturated rings. The molecule has 0 aliphatic heterocycles. The Morgan fingerprint density at radius 2 is 1.81 bits per heavy atom. The van der Waals surface area contributed by atoms with Crippen molar-refractivity contribution < 1.29 is 5.11 Å². The normalized spacial score (nSPS) is 9.69. The fourth-order valence-corrected chi connectivity index (χ4v) is 1.90. The minimum Gasteiger partial charge on any atom is -0.507 e. The third kappa shape index (κ3) is 2.18. The quantitative estimate of drug-likeness (QED) is 0.629. The summed E-state index contributed by atoms with van der Waals surface area (Å²) >= 11 is 1.09. The van der Waals surface area contributed by atoms with Crippen LogP contribution in [0.2, 0.25) is 0 Å². The standard InChI is InChI=1S/C13H9NOS/c14-9-16-11-6-7-13(15)12(8-11)10-4-2-1-3-5-10/h1-8,15H. The fourth-order valence-electron chi connectivity index (χ4n) is 1.48. The maximum absolute atomic E-state index is 9.76. The second kappa shape index (κ2) is 4.73. The molecule has 0 amide bonds. The molecule has 2 rings (SSSR count). The summed E-state index contributed by atoms with van der Waals surface area (Å²) in [4.78, 5) is 0.833. The molecule has 0 bridgehead atoms. The lowest BCUT2D eigenvalue weighted by Crippen LogP contribution is -1.79. The van der Waals surface area contributed by atoms with Crippen LogP contribution in [0.3, 0.4) is 0 Å². The van der Waals surface area contributed by atoms with E-state index >= 15 is 0 Å². The van der Waals surface area contributed by atoms with Gasteiger partial charge >= 0.3 is 0 Å². The Bertz CT molecular complexity index is 531. The molecule has 0 aliphatic carbocycles. The van der Waals surface area contributed by atoms with Crippen molar-refractivity contribution in [1.29, 1.82) is 5.26 Å². The summed E-state index contributed by atoms with van der Waals surface area (Å²) < 4.78 is 0. The van der Waals surface area contributed by atoms with Crippen LogP contribution in [-0.2, 0) is 0 Å². The van der Waals surface area contributed by atoms with Crippen LogP contribution in [-0.4, -0.2) is 5.11 Å². The van der Waals surface area contributed by atoms with Crippen LogP contribution in [0.5, 0.6) is 5.75 Å². The van der Waals surface area contributed by atoms with Gasteiger partial charge in [0.25, 0.3) is 0 Å². The van der Waals surface area contributed by atoms with E-state index in [1.165, 1.54) is 0 Å². The van der Waals surface area contributed by atoms with E-state index in [1.54, 1.807) is 12.1 Å². The largest absolute Gasteiger partial charge is 0.507 e. The summed E-state index contributed by atoms with van der Waals surface area (Å²) in [5.41, 5.74) is 1.70. The van der Waals surface area contributed by atoms with E-state index < -0.39 is 0 Å². The molecule has 1 N–H and O–H groups in total. The molecule has 0 spiro atoms. The molecular weight excluding hydrogens is 218 g/mol. The zero-order chi connectivity index (χ0) is 11.4. The first-order valence-electron chi connectivity index (χ1n) is 4.75. The average Bonchev–Trinajstić information content (AvgIpc) is 2.33.